The van der Waals surface area contributed by atoms with Crippen molar-refractivity contribution in [2.24, 2.45) is 0 Å². The van der Waals surface area contributed by atoms with Gasteiger partial charge in [0.2, 0.25) is 0 Å². The predicted molar refractivity (Wildman–Crippen MR) is 102 cm³/mol. The Morgan fingerprint density at radius 3 is 2.46 bits per heavy atom. The van der Waals surface area contributed by atoms with Crippen LogP contribution in [0.4, 0.5) is 8.78 Å². The lowest BCUT2D eigenvalue weighted by atomic mass is 9.89. The molecule has 4 rings (SSSR count). The number of halogens is 2. The number of H-pyrrole nitrogens is 1. The smallest absolute Gasteiger partial charge is 0.345 e. The van der Waals surface area contributed by atoms with Gasteiger partial charge in [0.05, 0.1) is 0 Å². The van der Waals surface area contributed by atoms with E-state index in [1.807, 2.05) is 6.20 Å². The summed E-state index contributed by atoms with van der Waals surface area (Å²) in [6, 6.07) is 7.64. The standard InChI is InChI=1S/C20H20F2N2O3S/c1-24-9-7-13(8-10-24)16-12-23-19-6-5-14(11-15(16)19)27-28(25,26)20-17(21)3-2-4-18(20)22/h2-6,11-13,23H,7-10H2,1H3. The van der Waals surface area contributed by atoms with E-state index in [-0.39, 0.29) is 5.75 Å². The van der Waals surface area contributed by atoms with Crippen LogP contribution in [0.3, 0.4) is 0 Å². The van der Waals surface area contributed by atoms with Crippen LogP contribution in [0.25, 0.3) is 10.9 Å². The highest BCUT2D eigenvalue weighted by atomic mass is 32.2. The van der Waals surface area contributed by atoms with Gasteiger partial charge in [0.25, 0.3) is 0 Å². The largest absolute Gasteiger partial charge is 0.379 e. The number of aromatic nitrogens is 1. The fourth-order valence-electron chi connectivity index (χ4n) is 3.72. The van der Waals surface area contributed by atoms with E-state index in [1.54, 1.807) is 12.1 Å². The first-order valence-electron chi connectivity index (χ1n) is 9.03. The molecule has 0 bridgehead atoms. The summed E-state index contributed by atoms with van der Waals surface area (Å²) in [4.78, 5) is 4.39. The third kappa shape index (κ3) is 3.49. The van der Waals surface area contributed by atoms with E-state index < -0.39 is 26.6 Å². The average molecular weight is 406 g/mol. The van der Waals surface area contributed by atoms with E-state index in [0.717, 1.165) is 60.6 Å². The molecule has 0 radical (unpaired) electrons. The van der Waals surface area contributed by atoms with Gasteiger partial charge in [-0.05, 0) is 74.8 Å². The molecule has 1 aromatic heterocycles. The number of aromatic amines is 1. The van der Waals surface area contributed by atoms with Crippen LogP contribution < -0.4 is 4.18 Å². The zero-order valence-corrected chi connectivity index (χ0v) is 16.1. The van der Waals surface area contributed by atoms with Gasteiger partial charge < -0.3 is 14.1 Å². The molecule has 1 aliphatic rings. The van der Waals surface area contributed by atoms with Crippen LogP contribution in [0.15, 0.2) is 47.5 Å². The minimum Gasteiger partial charge on any atom is -0.379 e. The van der Waals surface area contributed by atoms with Gasteiger partial charge in [-0.3, -0.25) is 0 Å². The van der Waals surface area contributed by atoms with Crippen molar-refractivity contribution in [1.82, 2.24) is 9.88 Å². The number of likely N-dealkylation sites (tertiary alicyclic amines) is 1. The summed E-state index contributed by atoms with van der Waals surface area (Å²) in [5.41, 5.74) is 1.96. The Morgan fingerprint density at radius 2 is 1.79 bits per heavy atom. The number of rotatable bonds is 4. The lowest BCUT2D eigenvalue weighted by molar-refractivity contribution is 0.256. The first kappa shape index (κ1) is 18.9. The van der Waals surface area contributed by atoms with E-state index in [4.69, 9.17) is 4.18 Å². The Bertz CT molecular complexity index is 1100. The molecule has 3 aromatic rings. The Kier molecular flexibility index (Phi) is 4.84. The zero-order valence-electron chi connectivity index (χ0n) is 15.3. The van der Waals surface area contributed by atoms with E-state index >= 15 is 0 Å². The van der Waals surface area contributed by atoms with Crippen molar-refractivity contribution in [2.45, 2.75) is 23.7 Å². The Hall–Kier alpha value is -2.45. The van der Waals surface area contributed by atoms with Crippen LogP contribution in [-0.4, -0.2) is 38.4 Å². The van der Waals surface area contributed by atoms with Crippen LogP contribution in [0.5, 0.6) is 5.75 Å². The second-order valence-electron chi connectivity index (χ2n) is 7.12. The summed E-state index contributed by atoms with van der Waals surface area (Å²) >= 11 is 0. The van der Waals surface area contributed by atoms with Gasteiger partial charge in [-0.15, -0.1) is 0 Å². The maximum atomic E-state index is 13.9. The zero-order chi connectivity index (χ0) is 19.9. The lowest BCUT2D eigenvalue weighted by Gasteiger charge is -2.28. The summed E-state index contributed by atoms with van der Waals surface area (Å²) in [5.74, 6) is -1.99. The number of nitrogens with zero attached hydrogens (tertiary/aromatic N) is 1. The molecular formula is C20H20F2N2O3S. The summed E-state index contributed by atoms with van der Waals surface area (Å²) in [6.45, 7) is 1.99. The van der Waals surface area contributed by atoms with Gasteiger partial charge in [0, 0.05) is 17.1 Å². The summed E-state index contributed by atoms with van der Waals surface area (Å²) in [6.07, 6.45) is 3.95. The average Bonchev–Trinajstić information content (AvgIpc) is 3.05. The maximum Gasteiger partial charge on any atom is 0.345 e. The molecule has 0 aliphatic carbocycles. The Balaban J connectivity index is 1.67. The second kappa shape index (κ2) is 7.18. The third-order valence-corrected chi connectivity index (χ3v) is 6.52. The molecule has 1 saturated heterocycles. The molecule has 0 atom stereocenters. The molecule has 0 saturated carbocycles. The number of hydrogen-bond acceptors (Lipinski definition) is 4. The molecular weight excluding hydrogens is 386 g/mol. The van der Waals surface area contributed by atoms with Gasteiger partial charge in [-0.2, -0.15) is 8.42 Å². The molecule has 0 spiro atoms. The van der Waals surface area contributed by atoms with Crippen molar-refractivity contribution in [2.75, 3.05) is 20.1 Å². The molecule has 148 valence electrons. The van der Waals surface area contributed by atoms with Gasteiger partial charge in [0.1, 0.15) is 17.4 Å². The van der Waals surface area contributed by atoms with Crippen molar-refractivity contribution in [3.8, 4) is 5.75 Å². The van der Waals surface area contributed by atoms with Gasteiger partial charge in [-0.25, -0.2) is 8.78 Å². The molecule has 0 amide bonds. The molecule has 5 nitrogen and oxygen atoms in total. The van der Waals surface area contributed by atoms with Crippen LogP contribution >= 0.6 is 0 Å². The number of nitrogens with one attached hydrogen (secondary N) is 1. The van der Waals surface area contributed by atoms with Gasteiger partial charge in [0.15, 0.2) is 4.90 Å². The number of hydrogen-bond donors (Lipinski definition) is 1. The van der Waals surface area contributed by atoms with E-state index in [1.165, 1.54) is 6.07 Å². The molecule has 2 heterocycles. The molecule has 1 fully saturated rings. The fourth-order valence-corrected chi connectivity index (χ4v) is 4.77. The third-order valence-electron chi connectivity index (χ3n) is 5.22. The Morgan fingerprint density at radius 1 is 1.11 bits per heavy atom. The molecule has 1 aliphatic heterocycles. The SMILES string of the molecule is CN1CCC(c2c[nH]c3ccc(OS(=O)(=O)c4c(F)cccc4F)cc23)CC1. The first-order chi connectivity index (χ1) is 13.3. The van der Waals surface area contributed by atoms with Crippen molar-refractivity contribution < 1.29 is 21.4 Å². The van der Waals surface area contributed by atoms with Crippen LogP contribution in [-0.2, 0) is 10.1 Å². The monoisotopic (exact) mass is 406 g/mol. The Labute approximate surface area is 162 Å². The number of piperidine rings is 1. The molecule has 1 N–H and O–H groups in total. The minimum atomic E-state index is -4.64. The topological polar surface area (TPSA) is 62.4 Å². The van der Waals surface area contributed by atoms with Crippen molar-refractivity contribution in [3.63, 3.8) is 0 Å². The molecule has 28 heavy (non-hydrogen) atoms. The summed E-state index contributed by atoms with van der Waals surface area (Å²) in [5, 5.41) is 0.858. The first-order valence-corrected chi connectivity index (χ1v) is 10.4. The highest BCUT2D eigenvalue weighted by Gasteiger charge is 2.27. The molecule has 8 heteroatoms. The van der Waals surface area contributed by atoms with Crippen molar-refractivity contribution >= 4 is 21.0 Å². The minimum absolute atomic E-state index is 0.0175. The second-order valence-corrected chi connectivity index (χ2v) is 8.60. The highest BCUT2D eigenvalue weighted by molar-refractivity contribution is 7.87. The normalized spacial score (nSPS) is 16.5. The van der Waals surface area contributed by atoms with Crippen molar-refractivity contribution in [1.29, 1.82) is 0 Å². The van der Waals surface area contributed by atoms with Gasteiger partial charge >= 0.3 is 10.1 Å². The highest BCUT2D eigenvalue weighted by Crippen LogP contribution is 2.35. The lowest BCUT2D eigenvalue weighted by Crippen LogP contribution is -2.29. The van der Waals surface area contributed by atoms with Crippen LogP contribution in [0, 0.1) is 11.6 Å². The maximum absolute atomic E-state index is 13.9. The van der Waals surface area contributed by atoms with E-state index in [2.05, 4.69) is 16.9 Å². The number of benzene rings is 2. The predicted octanol–water partition coefficient (Wildman–Crippen LogP) is 4.02. The summed E-state index contributed by atoms with van der Waals surface area (Å²) in [7, 11) is -2.55. The van der Waals surface area contributed by atoms with Crippen LogP contribution in [0.1, 0.15) is 24.3 Å². The van der Waals surface area contributed by atoms with Crippen LogP contribution in [0.2, 0.25) is 0 Å². The van der Waals surface area contributed by atoms with E-state index in [0.29, 0.717) is 5.92 Å². The summed E-state index contributed by atoms with van der Waals surface area (Å²) < 4.78 is 57.7. The molecule has 0 unspecified atom stereocenters. The van der Waals surface area contributed by atoms with Gasteiger partial charge in [-0.1, -0.05) is 6.07 Å². The molecule has 2 aromatic carbocycles. The number of fused-ring (bicyclic) bond motifs is 1. The fraction of sp³-hybridized carbons (Fsp3) is 0.300. The van der Waals surface area contributed by atoms with E-state index in [9.17, 15) is 17.2 Å². The van der Waals surface area contributed by atoms with Crippen molar-refractivity contribution in [3.05, 3.63) is 59.8 Å². The quantitative estimate of drug-likeness (QED) is 0.665.